The maximum atomic E-state index is 13.7. The minimum absolute atomic E-state index is 0. The van der Waals surface area contributed by atoms with Gasteiger partial charge in [-0.2, -0.15) is 0 Å². The van der Waals surface area contributed by atoms with Crippen molar-refractivity contribution in [3.63, 3.8) is 0 Å². The zero-order valence-corrected chi connectivity index (χ0v) is 17.7. The Balaban J connectivity index is 0.00000288. The number of rotatable bonds is 5. The van der Waals surface area contributed by atoms with Crippen molar-refractivity contribution in [3.05, 3.63) is 50.7 Å². The monoisotopic (exact) mass is 482 g/mol. The lowest BCUT2D eigenvalue weighted by molar-refractivity contribution is 0.471. The summed E-state index contributed by atoms with van der Waals surface area (Å²) in [6.07, 6.45) is 0.494. The fourth-order valence-electron chi connectivity index (χ4n) is 2.25. The van der Waals surface area contributed by atoms with E-state index >= 15 is 0 Å². The molecule has 0 saturated heterocycles. The highest BCUT2D eigenvalue weighted by atomic mass is 127. The number of aryl methyl sites for hydroxylation is 1. The van der Waals surface area contributed by atoms with Gasteiger partial charge in [0, 0.05) is 36.6 Å². The SMILES string of the molecule is CN=C(NCCc1c(F)cccc1Cl)N(C)Cc1csc(C)n1.I. The van der Waals surface area contributed by atoms with Crippen LogP contribution in [0.15, 0.2) is 28.6 Å². The highest BCUT2D eigenvalue weighted by molar-refractivity contribution is 14.0. The molecule has 0 unspecified atom stereocenters. The topological polar surface area (TPSA) is 40.5 Å². The van der Waals surface area contributed by atoms with Crippen LogP contribution in [0.3, 0.4) is 0 Å². The van der Waals surface area contributed by atoms with Gasteiger partial charge >= 0.3 is 0 Å². The largest absolute Gasteiger partial charge is 0.356 e. The first-order valence-corrected chi connectivity index (χ1v) is 8.52. The molecule has 0 aliphatic heterocycles. The van der Waals surface area contributed by atoms with Crippen LogP contribution in [0.2, 0.25) is 5.02 Å². The number of aromatic nitrogens is 1. The van der Waals surface area contributed by atoms with Crippen molar-refractivity contribution < 1.29 is 4.39 Å². The summed E-state index contributed by atoms with van der Waals surface area (Å²) in [5.74, 6) is 0.462. The molecule has 1 aromatic heterocycles. The molecule has 0 aliphatic rings. The van der Waals surface area contributed by atoms with Gasteiger partial charge in [-0.1, -0.05) is 17.7 Å². The summed E-state index contributed by atoms with van der Waals surface area (Å²) in [5, 5.41) is 6.76. The van der Waals surface area contributed by atoms with Gasteiger partial charge in [-0.15, -0.1) is 35.3 Å². The summed E-state index contributed by atoms with van der Waals surface area (Å²) < 4.78 is 13.7. The molecule has 1 heterocycles. The van der Waals surface area contributed by atoms with Crippen molar-refractivity contribution in [3.8, 4) is 0 Å². The number of halogens is 3. The molecule has 4 nitrogen and oxygen atoms in total. The van der Waals surface area contributed by atoms with Crippen molar-refractivity contribution in [1.82, 2.24) is 15.2 Å². The lowest BCUT2D eigenvalue weighted by Gasteiger charge is -2.21. The van der Waals surface area contributed by atoms with E-state index in [0.29, 0.717) is 30.1 Å². The summed E-state index contributed by atoms with van der Waals surface area (Å²) in [6.45, 7) is 3.21. The predicted molar refractivity (Wildman–Crippen MR) is 110 cm³/mol. The molecule has 132 valence electrons. The third-order valence-corrected chi connectivity index (χ3v) is 4.54. The molecule has 0 atom stereocenters. The Bertz CT molecular complexity index is 672. The first-order chi connectivity index (χ1) is 11.0. The second-order valence-corrected chi connectivity index (χ2v) is 6.61. The maximum Gasteiger partial charge on any atom is 0.193 e. The minimum atomic E-state index is -0.277. The summed E-state index contributed by atoms with van der Waals surface area (Å²) >= 11 is 7.67. The first-order valence-electron chi connectivity index (χ1n) is 7.27. The van der Waals surface area contributed by atoms with Crippen molar-refractivity contribution in [2.75, 3.05) is 20.6 Å². The van der Waals surface area contributed by atoms with E-state index in [4.69, 9.17) is 11.6 Å². The molecule has 0 fully saturated rings. The van der Waals surface area contributed by atoms with E-state index in [0.717, 1.165) is 16.7 Å². The van der Waals surface area contributed by atoms with E-state index in [1.165, 1.54) is 6.07 Å². The number of hydrogen-bond donors (Lipinski definition) is 1. The summed E-state index contributed by atoms with van der Waals surface area (Å²) in [7, 11) is 3.67. The van der Waals surface area contributed by atoms with Crippen LogP contribution in [0, 0.1) is 12.7 Å². The molecule has 0 radical (unpaired) electrons. The van der Waals surface area contributed by atoms with Gasteiger partial charge < -0.3 is 10.2 Å². The van der Waals surface area contributed by atoms with Crippen molar-refractivity contribution in [1.29, 1.82) is 0 Å². The number of benzene rings is 1. The van der Waals surface area contributed by atoms with Crippen LogP contribution in [-0.4, -0.2) is 36.5 Å². The Morgan fingerprint density at radius 3 is 2.79 bits per heavy atom. The lowest BCUT2D eigenvalue weighted by atomic mass is 10.1. The van der Waals surface area contributed by atoms with Crippen molar-refractivity contribution in [2.45, 2.75) is 19.9 Å². The molecule has 0 saturated carbocycles. The van der Waals surface area contributed by atoms with E-state index < -0.39 is 0 Å². The van der Waals surface area contributed by atoms with Crippen LogP contribution in [0.4, 0.5) is 4.39 Å². The van der Waals surface area contributed by atoms with Crippen LogP contribution >= 0.6 is 46.9 Å². The standard InChI is InChI=1S/C16H20ClFN4S.HI/c1-11-21-12(10-23-11)9-22(3)16(19-2)20-8-7-13-14(17)5-4-6-15(13)18;/h4-6,10H,7-9H2,1-3H3,(H,19,20);1H. The molecule has 0 amide bonds. The van der Waals surface area contributed by atoms with Crippen molar-refractivity contribution in [2.24, 2.45) is 4.99 Å². The Kier molecular flexibility index (Phi) is 8.93. The second kappa shape index (κ2) is 10.1. The summed E-state index contributed by atoms with van der Waals surface area (Å²) in [6, 6.07) is 4.73. The van der Waals surface area contributed by atoms with Crippen molar-refractivity contribution >= 4 is 52.9 Å². The highest BCUT2D eigenvalue weighted by Crippen LogP contribution is 2.19. The van der Waals surface area contributed by atoms with Crippen LogP contribution in [0.25, 0.3) is 0 Å². The van der Waals surface area contributed by atoms with Gasteiger partial charge in [0.25, 0.3) is 0 Å². The third kappa shape index (κ3) is 5.86. The highest BCUT2D eigenvalue weighted by Gasteiger charge is 2.10. The Morgan fingerprint density at radius 1 is 1.46 bits per heavy atom. The number of aliphatic imine (C=N–C) groups is 1. The maximum absolute atomic E-state index is 13.7. The van der Waals surface area contributed by atoms with E-state index in [9.17, 15) is 4.39 Å². The normalized spacial score (nSPS) is 11.1. The molecule has 1 aromatic carbocycles. The molecule has 0 aliphatic carbocycles. The van der Waals surface area contributed by atoms with Gasteiger partial charge in [0.05, 0.1) is 17.2 Å². The van der Waals surface area contributed by atoms with E-state index in [1.54, 1.807) is 30.5 Å². The van der Waals surface area contributed by atoms with Crippen LogP contribution in [-0.2, 0) is 13.0 Å². The molecule has 0 spiro atoms. The molecule has 24 heavy (non-hydrogen) atoms. The van der Waals surface area contributed by atoms with Gasteiger partial charge in [-0.05, 0) is 25.5 Å². The Morgan fingerprint density at radius 2 is 2.21 bits per heavy atom. The Labute approximate surface area is 168 Å². The van der Waals surface area contributed by atoms with E-state index in [-0.39, 0.29) is 29.8 Å². The average Bonchev–Trinajstić information content (AvgIpc) is 2.91. The van der Waals surface area contributed by atoms with Gasteiger partial charge in [0.1, 0.15) is 5.82 Å². The quantitative estimate of drug-likeness (QED) is 0.396. The van der Waals surface area contributed by atoms with E-state index in [1.807, 2.05) is 24.3 Å². The van der Waals surface area contributed by atoms with Crippen LogP contribution in [0.5, 0.6) is 0 Å². The van der Waals surface area contributed by atoms with Crippen LogP contribution in [0.1, 0.15) is 16.3 Å². The molecule has 8 heteroatoms. The zero-order valence-electron chi connectivity index (χ0n) is 13.8. The second-order valence-electron chi connectivity index (χ2n) is 5.14. The van der Waals surface area contributed by atoms with Gasteiger partial charge in [0.2, 0.25) is 0 Å². The molecule has 0 bridgehead atoms. The lowest BCUT2D eigenvalue weighted by Crippen LogP contribution is -2.39. The number of guanidine groups is 1. The molecular formula is C16H21ClFIN4S. The van der Waals surface area contributed by atoms with E-state index in [2.05, 4.69) is 15.3 Å². The predicted octanol–water partition coefficient (Wildman–Crippen LogP) is 4.11. The summed E-state index contributed by atoms with van der Waals surface area (Å²) in [4.78, 5) is 10.7. The van der Waals surface area contributed by atoms with Gasteiger partial charge in [-0.3, -0.25) is 4.99 Å². The number of nitrogens with zero attached hydrogens (tertiary/aromatic N) is 3. The molecule has 1 N–H and O–H groups in total. The fraction of sp³-hybridized carbons (Fsp3) is 0.375. The summed E-state index contributed by atoms with van der Waals surface area (Å²) in [5.41, 5.74) is 1.53. The van der Waals surface area contributed by atoms with Gasteiger partial charge in [-0.25, -0.2) is 9.37 Å². The fourth-order valence-corrected chi connectivity index (χ4v) is 3.12. The minimum Gasteiger partial charge on any atom is -0.356 e. The van der Waals surface area contributed by atoms with Crippen LogP contribution < -0.4 is 5.32 Å². The smallest absolute Gasteiger partial charge is 0.193 e. The number of thiazole rings is 1. The molecule has 2 aromatic rings. The number of nitrogens with one attached hydrogen (secondary N) is 1. The number of hydrogen-bond acceptors (Lipinski definition) is 3. The third-order valence-electron chi connectivity index (χ3n) is 3.36. The zero-order chi connectivity index (χ0) is 16.8. The van der Waals surface area contributed by atoms with Gasteiger partial charge in [0.15, 0.2) is 5.96 Å². The Hall–Kier alpha value is -0.930. The first kappa shape index (κ1) is 21.1. The molecular weight excluding hydrogens is 462 g/mol. The molecule has 2 rings (SSSR count). The average molecular weight is 483 g/mol.